The smallest absolute Gasteiger partial charge is 0.320 e. The van der Waals surface area contributed by atoms with E-state index < -0.39 is 24.0 Å². The molecule has 53 heavy (non-hydrogen) atoms. The van der Waals surface area contributed by atoms with Crippen molar-refractivity contribution in [1.29, 1.82) is 0 Å². The molecule has 2 fully saturated rings. The number of hydrogen-bond donors (Lipinski definition) is 3. The molecule has 3 aliphatic rings. The Morgan fingerprint density at radius 1 is 0.755 bits per heavy atom. The molecule has 3 N–H and O–H groups in total. The minimum Gasteiger partial charge on any atom is -0.480 e. The van der Waals surface area contributed by atoms with Crippen LogP contribution in [0.3, 0.4) is 0 Å². The van der Waals surface area contributed by atoms with E-state index in [-0.39, 0.29) is 11.8 Å². The summed E-state index contributed by atoms with van der Waals surface area (Å²) in [6.45, 7) is 8.57. The number of carbonyl (C=O) groups excluding carboxylic acids is 2. The van der Waals surface area contributed by atoms with Crippen molar-refractivity contribution in [3.05, 3.63) is 78.7 Å². The lowest BCUT2D eigenvalue weighted by molar-refractivity contribution is -0.145. The zero-order valence-electron chi connectivity index (χ0n) is 30.2. The second-order valence-corrected chi connectivity index (χ2v) is 16.3. The van der Waals surface area contributed by atoms with Crippen LogP contribution < -0.4 is 10.2 Å². The van der Waals surface area contributed by atoms with Crippen LogP contribution in [0.4, 0.5) is 11.4 Å². The molecular formula is C39H44N6O6S2. The Kier molecular flexibility index (Phi) is 10.7. The fourth-order valence-electron chi connectivity index (χ4n) is 7.88. The highest BCUT2D eigenvalue weighted by atomic mass is 32.1. The summed E-state index contributed by atoms with van der Waals surface area (Å²) in [5.74, 6) is -2.09. The molecule has 0 saturated carbocycles. The first-order chi connectivity index (χ1) is 25.5. The summed E-state index contributed by atoms with van der Waals surface area (Å²) in [6.07, 6.45) is 5.63. The standard InChI is InChI=1S/C39H44N6O6S2/c1-22-25(10-8-12-28(22)42-34(46)35-40-23(2)32(52-35)20-43-17-6-4-13-30(43)38(48)49)26-11-9-15-29-27(26)16-19-45(29)37(47)36-41-24(3)33(53-36)21-44-18-7-5-14-31(44)39(50)51/h8-12,15,30-31H,4-7,13-14,16-21H2,1-3H3,(H,42,46)(H,48,49)(H,50,51)/t30-,31-/m0/s1. The van der Waals surface area contributed by atoms with E-state index in [0.717, 1.165) is 74.8 Å². The highest BCUT2D eigenvalue weighted by Gasteiger charge is 2.33. The van der Waals surface area contributed by atoms with Gasteiger partial charge in [0.25, 0.3) is 11.8 Å². The van der Waals surface area contributed by atoms with Gasteiger partial charge in [-0.3, -0.25) is 29.0 Å². The van der Waals surface area contributed by atoms with Crippen molar-refractivity contribution >= 4 is 57.8 Å². The van der Waals surface area contributed by atoms with Crippen molar-refractivity contribution in [2.45, 2.75) is 90.9 Å². The van der Waals surface area contributed by atoms with Gasteiger partial charge in [0.1, 0.15) is 12.1 Å². The van der Waals surface area contributed by atoms with Crippen LogP contribution in [0.5, 0.6) is 0 Å². The second-order valence-electron chi connectivity index (χ2n) is 14.1. The lowest BCUT2D eigenvalue weighted by Crippen LogP contribution is -2.43. The number of carboxylic acids is 2. The normalized spacial score (nSPS) is 19.3. The van der Waals surface area contributed by atoms with E-state index in [0.29, 0.717) is 67.7 Å². The number of rotatable bonds is 10. The van der Waals surface area contributed by atoms with Crippen molar-refractivity contribution in [3.63, 3.8) is 0 Å². The number of aromatic nitrogens is 2. The van der Waals surface area contributed by atoms with Gasteiger partial charge in [-0.25, -0.2) is 9.97 Å². The predicted molar refractivity (Wildman–Crippen MR) is 205 cm³/mol. The molecule has 2 aromatic carbocycles. The van der Waals surface area contributed by atoms with Gasteiger partial charge in [0.2, 0.25) is 0 Å². The van der Waals surface area contributed by atoms with Crippen LogP contribution in [0.1, 0.15) is 90.4 Å². The lowest BCUT2D eigenvalue weighted by Gasteiger charge is -2.32. The van der Waals surface area contributed by atoms with Crippen LogP contribution in [0.25, 0.3) is 11.1 Å². The number of carbonyl (C=O) groups is 4. The number of fused-ring (bicyclic) bond motifs is 1. The Hall–Kier alpha value is -4.50. The molecule has 0 bridgehead atoms. The van der Waals surface area contributed by atoms with E-state index in [1.807, 2.05) is 67.0 Å². The molecule has 2 amide bonds. The highest BCUT2D eigenvalue weighted by Crippen LogP contribution is 2.40. The van der Waals surface area contributed by atoms with Gasteiger partial charge in [-0.05, 0) is 100 Å². The van der Waals surface area contributed by atoms with Gasteiger partial charge in [-0.15, -0.1) is 22.7 Å². The molecule has 0 radical (unpaired) electrons. The number of nitrogens with one attached hydrogen (secondary N) is 1. The Morgan fingerprint density at radius 3 is 1.94 bits per heavy atom. The van der Waals surface area contributed by atoms with E-state index >= 15 is 0 Å². The third-order valence-electron chi connectivity index (χ3n) is 10.8. The molecule has 278 valence electrons. The maximum atomic E-state index is 13.9. The third kappa shape index (κ3) is 7.50. The SMILES string of the molecule is Cc1nc(C(=O)Nc2cccc(-c3cccc4c3CCN4C(=O)c3nc(C)c(CN4CCCC[C@H]4C(=O)O)s3)c2C)sc1CN1CCCC[C@H]1C(=O)O. The maximum absolute atomic E-state index is 13.9. The van der Waals surface area contributed by atoms with E-state index in [1.165, 1.54) is 22.7 Å². The van der Waals surface area contributed by atoms with Crippen molar-refractivity contribution in [1.82, 2.24) is 19.8 Å². The van der Waals surface area contributed by atoms with Gasteiger partial charge in [-0.1, -0.05) is 37.1 Å². The van der Waals surface area contributed by atoms with Crippen LogP contribution in [-0.2, 0) is 29.1 Å². The van der Waals surface area contributed by atoms with Gasteiger partial charge >= 0.3 is 11.9 Å². The average molecular weight is 757 g/mol. The van der Waals surface area contributed by atoms with Crippen molar-refractivity contribution in [2.24, 2.45) is 0 Å². The molecule has 2 saturated heterocycles. The molecule has 0 unspecified atom stereocenters. The molecule has 0 aliphatic carbocycles. The highest BCUT2D eigenvalue weighted by molar-refractivity contribution is 7.14. The number of anilines is 2. The fraction of sp³-hybridized carbons (Fsp3) is 0.436. The monoisotopic (exact) mass is 756 g/mol. The molecule has 7 rings (SSSR count). The zero-order chi connectivity index (χ0) is 37.4. The first-order valence-electron chi connectivity index (χ1n) is 18.2. The van der Waals surface area contributed by atoms with Crippen LogP contribution >= 0.6 is 22.7 Å². The second kappa shape index (κ2) is 15.5. The van der Waals surface area contributed by atoms with E-state index in [4.69, 9.17) is 0 Å². The summed E-state index contributed by atoms with van der Waals surface area (Å²) in [4.78, 5) is 67.9. The molecule has 4 aromatic rings. The van der Waals surface area contributed by atoms with Crippen LogP contribution in [-0.4, -0.2) is 85.5 Å². The first-order valence-corrected chi connectivity index (χ1v) is 19.8. The number of amides is 2. The fourth-order valence-corrected chi connectivity index (χ4v) is 9.90. The van der Waals surface area contributed by atoms with Gasteiger partial charge in [0.05, 0.1) is 11.4 Å². The van der Waals surface area contributed by atoms with Gasteiger partial charge in [-0.2, -0.15) is 0 Å². The molecule has 2 aromatic heterocycles. The zero-order valence-corrected chi connectivity index (χ0v) is 31.8. The summed E-state index contributed by atoms with van der Waals surface area (Å²) in [5, 5.41) is 23.2. The topological polar surface area (TPSA) is 156 Å². The summed E-state index contributed by atoms with van der Waals surface area (Å²) in [5.41, 5.74) is 6.88. The Morgan fingerprint density at radius 2 is 1.32 bits per heavy atom. The van der Waals surface area contributed by atoms with E-state index in [2.05, 4.69) is 15.3 Å². The molecule has 0 spiro atoms. The maximum Gasteiger partial charge on any atom is 0.320 e. The van der Waals surface area contributed by atoms with Gasteiger partial charge in [0, 0.05) is 40.8 Å². The summed E-state index contributed by atoms with van der Waals surface area (Å²) in [7, 11) is 0. The number of aryl methyl sites for hydroxylation is 2. The van der Waals surface area contributed by atoms with Crippen LogP contribution in [0.2, 0.25) is 0 Å². The molecular weight excluding hydrogens is 713 g/mol. The van der Waals surface area contributed by atoms with Gasteiger partial charge in [0.15, 0.2) is 10.0 Å². The Balaban J connectivity index is 1.07. The lowest BCUT2D eigenvalue weighted by atomic mass is 9.93. The Labute approximate surface area is 316 Å². The predicted octanol–water partition coefficient (Wildman–Crippen LogP) is 6.53. The quantitative estimate of drug-likeness (QED) is 0.163. The summed E-state index contributed by atoms with van der Waals surface area (Å²) in [6, 6.07) is 10.7. The van der Waals surface area contributed by atoms with Crippen LogP contribution in [0.15, 0.2) is 36.4 Å². The van der Waals surface area contributed by atoms with E-state index in [1.54, 1.807) is 4.90 Å². The average Bonchev–Trinajstić information content (AvgIpc) is 3.85. The van der Waals surface area contributed by atoms with E-state index in [9.17, 15) is 29.4 Å². The van der Waals surface area contributed by atoms with Crippen molar-refractivity contribution < 1.29 is 29.4 Å². The number of carboxylic acid groups (broad SMARTS) is 2. The van der Waals surface area contributed by atoms with Gasteiger partial charge < -0.3 is 20.4 Å². The first kappa shape index (κ1) is 36.8. The molecule has 12 nitrogen and oxygen atoms in total. The number of nitrogens with zero attached hydrogens (tertiary/aromatic N) is 5. The van der Waals surface area contributed by atoms with Crippen molar-refractivity contribution in [3.8, 4) is 11.1 Å². The minimum atomic E-state index is -0.811. The number of hydrogen-bond acceptors (Lipinski definition) is 10. The number of thiazole rings is 2. The Bertz CT molecular complexity index is 2080. The number of benzene rings is 2. The molecule has 2 atom stereocenters. The summed E-state index contributed by atoms with van der Waals surface area (Å²) >= 11 is 2.65. The van der Waals surface area contributed by atoms with Crippen LogP contribution in [0, 0.1) is 20.8 Å². The minimum absolute atomic E-state index is 0.164. The third-order valence-corrected chi connectivity index (χ3v) is 13.1. The largest absolute Gasteiger partial charge is 0.480 e. The number of piperidine rings is 2. The van der Waals surface area contributed by atoms with Crippen molar-refractivity contribution in [2.75, 3.05) is 29.9 Å². The summed E-state index contributed by atoms with van der Waals surface area (Å²) < 4.78 is 0. The molecule has 5 heterocycles. The molecule has 14 heteroatoms. The number of aliphatic carboxylic acids is 2. The number of likely N-dealkylation sites (tertiary alicyclic amines) is 2. The molecule has 3 aliphatic heterocycles.